The van der Waals surface area contributed by atoms with Gasteiger partial charge in [-0.05, 0) is 12.1 Å². The van der Waals surface area contributed by atoms with Crippen LogP contribution in [0.5, 0.6) is 5.88 Å². The molecule has 0 aliphatic heterocycles. The molecular weight excluding hydrogens is 244 g/mol. The highest BCUT2D eigenvalue weighted by molar-refractivity contribution is 9.10. The molecule has 0 atom stereocenters. The predicted octanol–water partition coefficient (Wildman–Crippen LogP) is 2.56. The van der Waals surface area contributed by atoms with Crippen molar-refractivity contribution in [3.05, 3.63) is 34.9 Å². The first kappa shape index (κ1) is 9.27. The van der Waals surface area contributed by atoms with E-state index in [4.69, 9.17) is 0 Å². The van der Waals surface area contributed by atoms with E-state index in [0.717, 1.165) is 15.9 Å². The lowest BCUT2D eigenvalue weighted by molar-refractivity contribution is 0.456. The molecule has 2 rings (SSSR count). The van der Waals surface area contributed by atoms with Gasteiger partial charge in [0, 0.05) is 17.1 Å². The molecule has 0 radical (unpaired) electrons. The Balaban J connectivity index is 2.49. The van der Waals surface area contributed by atoms with Gasteiger partial charge in [0.25, 0.3) is 0 Å². The zero-order valence-electron chi connectivity index (χ0n) is 7.61. The van der Waals surface area contributed by atoms with Gasteiger partial charge in [0.1, 0.15) is 5.82 Å². The number of hydrogen-bond donors (Lipinski definition) is 1. The lowest BCUT2D eigenvalue weighted by atomic mass is 10.2. The van der Waals surface area contributed by atoms with Crippen LogP contribution in [0.15, 0.2) is 34.9 Å². The van der Waals surface area contributed by atoms with Gasteiger partial charge in [-0.15, -0.1) is 0 Å². The molecule has 0 saturated carbocycles. The minimum atomic E-state index is 0.0467. The fourth-order valence-corrected chi connectivity index (χ4v) is 1.58. The van der Waals surface area contributed by atoms with Gasteiger partial charge in [-0.25, -0.2) is 0 Å². The summed E-state index contributed by atoms with van der Waals surface area (Å²) in [7, 11) is 1.85. The predicted molar refractivity (Wildman–Crippen MR) is 58.0 cm³/mol. The molecule has 1 heterocycles. The van der Waals surface area contributed by atoms with E-state index in [1.54, 1.807) is 10.8 Å². The number of nitrogens with zero attached hydrogens (tertiary/aromatic N) is 2. The Morgan fingerprint density at radius 3 is 2.43 bits per heavy atom. The number of rotatable bonds is 1. The Hall–Kier alpha value is -1.29. The highest BCUT2D eigenvalue weighted by atomic mass is 79.9. The molecule has 0 bridgehead atoms. The van der Waals surface area contributed by atoms with Crippen molar-refractivity contribution in [3.63, 3.8) is 0 Å². The number of hydrogen-bond acceptors (Lipinski definition) is 2. The maximum absolute atomic E-state index is 9.21. The molecule has 3 nitrogen and oxygen atoms in total. The fraction of sp³-hybridized carbons (Fsp3) is 0.100. The third-order valence-corrected chi connectivity index (χ3v) is 2.49. The van der Waals surface area contributed by atoms with Crippen LogP contribution in [0.4, 0.5) is 0 Å². The molecule has 4 heteroatoms. The van der Waals surface area contributed by atoms with Crippen LogP contribution in [-0.4, -0.2) is 14.7 Å². The third kappa shape index (κ3) is 1.65. The summed E-state index contributed by atoms with van der Waals surface area (Å²) in [5.74, 6) is 0.806. The summed E-state index contributed by atoms with van der Waals surface area (Å²) in [6.45, 7) is 0. The second kappa shape index (κ2) is 3.46. The number of benzene rings is 1. The van der Waals surface area contributed by atoms with E-state index in [1.165, 1.54) is 0 Å². The van der Waals surface area contributed by atoms with Gasteiger partial charge >= 0.3 is 0 Å². The van der Waals surface area contributed by atoms with Crippen LogP contribution in [0, 0.1) is 0 Å². The molecule has 0 fully saturated rings. The molecule has 2 aromatic rings. The van der Waals surface area contributed by atoms with Gasteiger partial charge in [0.15, 0.2) is 0 Å². The number of imidazole rings is 1. The number of aromatic nitrogens is 2. The van der Waals surface area contributed by atoms with Gasteiger partial charge in [-0.1, -0.05) is 28.1 Å². The standard InChI is InChI=1S/C10H9BrN2O/c1-13-6-9(14)12-10(13)7-2-4-8(11)5-3-7/h2-6,14H,1H3. The molecule has 0 unspecified atom stereocenters. The smallest absolute Gasteiger partial charge is 0.229 e. The minimum Gasteiger partial charge on any atom is -0.492 e. The van der Waals surface area contributed by atoms with Crippen molar-refractivity contribution in [3.8, 4) is 17.3 Å². The topological polar surface area (TPSA) is 38.0 Å². The Labute approximate surface area is 90.2 Å². The maximum atomic E-state index is 9.21. The highest BCUT2D eigenvalue weighted by Gasteiger charge is 2.05. The highest BCUT2D eigenvalue weighted by Crippen LogP contribution is 2.22. The first-order chi connectivity index (χ1) is 6.66. The second-order valence-corrected chi connectivity index (χ2v) is 3.96. The molecule has 72 valence electrons. The van der Waals surface area contributed by atoms with Gasteiger partial charge < -0.3 is 9.67 Å². The van der Waals surface area contributed by atoms with E-state index >= 15 is 0 Å². The average molecular weight is 253 g/mol. The SMILES string of the molecule is Cn1cc(O)nc1-c1ccc(Br)cc1. The Morgan fingerprint density at radius 1 is 1.29 bits per heavy atom. The third-order valence-electron chi connectivity index (χ3n) is 1.97. The Bertz CT molecular complexity index is 448. The monoisotopic (exact) mass is 252 g/mol. The van der Waals surface area contributed by atoms with Crippen LogP contribution in [-0.2, 0) is 7.05 Å². The minimum absolute atomic E-state index is 0.0467. The molecule has 1 aromatic carbocycles. The molecular formula is C10H9BrN2O. The molecule has 0 spiro atoms. The quantitative estimate of drug-likeness (QED) is 0.848. The van der Waals surface area contributed by atoms with Crippen LogP contribution in [0.1, 0.15) is 0 Å². The van der Waals surface area contributed by atoms with Crippen molar-refractivity contribution >= 4 is 15.9 Å². The lowest BCUT2D eigenvalue weighted by Gasteiger charge is -2.00. The van der Waals surface area contributed by atoms with Crippen LogP contribution in [0.2, 0.25) is 0 Å². The van der Waals surface area contributed by atoms with E-state index in [9.17, 15) is 5.11 Å². The van der Waals surface area contributed by atoms with Crippen molar-refractivity contribution in [2.24, 2.45) is 7.05 Å². The van der Waals surface area contributed by atoms with E-state index in [0.29, 0.717) is 0 Å². The largest absolute Gasteiger partial charge is 0.492 e. The summed E-state index contributed by atoms with van der Waals surface area (Å²) in [6.07, 6.45) is 1.58. The molecule has 0 aliphatic carbocycles. The molecule has 1 aromatic heterocycles. The maximum Gasteiger partial charge on any atom is 0.229 e. The van der Waals surface area contributed by atoms with Crippen LogP contribution < -0.4 is 0 Å². The van der Waals surface area contributed by atoms with Crippen molar-refractivity contribution in [2.45, 2.75) is 0 Å². The second-order valence-electron chi connectivity index (χ2n) is 3.04. The first-order valence-electron chi connectivity index (χ1n) is 4.15. The Kier molecular flexibility index (Phi) is 2.29. The molecule has 1 N–H and O–H groups in total. The van der Waals surface area contributed by atoms with Crippen LogP contribution >= 0.6 is 15.9 Å². The summed E-state index contributed by atoms with van der Waals surface area (Å²) in [5, 5.41) is 9.21. The molecule has 0 amide bonds. The van der Waals surface area contributed by atoms with Crippen molar-refractivity contribution in [2.75, 3.05) is 0 Å². The van der Waals surface area contributed by atoms with Gasteiger partial charge in [0.2, 0.25) is 5.88 Å². The van der Waals surface area contributed by atoms with Crippen molar-refractivity contribution in [1.29, 1.82) is 0 Å². The molecule has 0 saturated heterocycles. The number of aromatic hydroxyl groups is 1. The average Bonchev–Trinajstić information content (AvgIpc) is 2.47. The lowest BCUT2D eigenvalue weighted by Crippen LogP contribution is -1.90. The van der Waals surface area contributed by atoms with Gasteiger partial charge in [-0.2, -0.15) is 4.98 Å². The van der Waals surface area contributed by atoms with Crippen molar-refractivity contribution in [1.82, 2.24) is 9.55 Å². The van der Waals surface area contributed by atoms with Crippen LogP contribution in [0.3, 0.4) is 0 Å². The normalized spacial score (nSPS) is 10.4. The zero-order valence-corrected chi connectivity index (χ0v) is 9.19. The zero-order chi connectivity index (χ0) is 10.1. The molecule has 0 aliphatic rings. The van der Waals surface area contributed by atoms with E-state index < -0.39 is 0 Å². The van der Waals surface area contributed by atoms with Crippen molar-refractivity contribution < 1.29 is 5.11 Å². The summed E-state index contributed by atoms with van der Waals surface area (Å²) >= 11 is 3.37. The number of halogens is 1. The number of aryl methyl sites for hydroxylation is 1. The molecule has 14 heavy (non-hydrogen) atoms. The van der Waals surface area contributed by atoms with Gasteiger partial charge in [0.05, 0.1) is 6.20 Å². The fourth-order valence-electron chi connectivity index (χ4n) is 1.32. The first-order valence-corrected chi connectivity index (χ1v) is 4.94. The summed E-state index contributed by atoms with van der Waals surface area (Å²) < 4.78 is 2.82. The van der Waals surface area contributed by atoms with E-state index in [2.05, 4.69) is 20.9 Å². The summed E-state index contributed by atoms with van der Waals surface area (Å²) in [4.78, 5) is 4.01. The Morgan fingerprint density at radius 2 is 1.93 bits per heavy atom. The summed E-state index contributed by atoms with van der Waals surface area (Å²) in [6, 6.07) is 7.79. The van der Waals surface area contributed by atoms with Crippen LogP contribution in [0.25, 0.3) is 11.4 Å². The summed E-state index contributed by atoms with van der Waals surface area (Å²) in [5.41, 5.74) is 0.982. The van der Waals surface area contributed by atoms with E-state index in [-0.39, 0.29) is 5.88 Å². The van der Waals surface area contributed by atoms with Gasteiger partial charge in [-0.3, -0.25) is 0 Å². The van der Waals surface area contributed by atoms with E-state index in [1.807, 2.05) is 31.3 Å².